The van der Waals surface area contributed by atoms with E-state index in [1.807, 2.05) is 79.0 Å². The van der Waals surface area contributed by atoms with Crippen LogP contribution in [0.2, 0.25) is 0 Å². The van der Waals surface area contributed by atoms with Gasteiger partial charge in [-0.2, -0.15) is 0 Å². The molecule has 2 bridgehead atoms. The van der Waals surface area contributed by atoms with Gasteiger partial charge in [0.2, 0.25) is 11.8 Å². The number of nitrogens with zero attached hydrogens (tertiary/aromatic N) is 3. The Labute approximate surface area is 231 Å². The van der Waals surface area contributed by atoms with E-state index in [4.69, 9.17) is 4.99 Å². The van der Waals surface area contributed by atoms with Crippen molar-refractivity contribution in [2.75, 3.05) is 4.90 Å². The van der Waals surface area contributed by atoms with Gasteiger partial charge in [0.05, 0.1) is 27.9 Å². The third-order valence-electron chi connectivity index (χ3n) is 8.78. The molecule has 0 spiro atoms. The third-order valence-corrected chi connectivity index (χ3v) is 8.78. The molecular weight excluding hydrogens is 502 g/mol. The molecule has 4 aliphatic rings. The van der Waals surface area contributed by atoms with Crippen molar-refractivity contribution in [2.24, 2.45) is 16.8 Å². The van der Waals surface area contributed by atoms with Gasteiger partial charge in [-0.1, -0.05) is 85.8 Å². The number of amides is 2. The second-order valence-corrected chi connectivity index (χ2v) is 10.5. The maximum atomic E-state index is 14.5. The molecule has 7 nitrogen and oxygen atoms in total. The molecular formula is C33H25N3O4. The van der Waals surface area contributed by atoms with Crippen molar-refractivity contribution in [1.29, 1.82) is 0 Å². The number of hydrogen-bond donors (Lipinski definition) is 0. The first-order valence-corrected chi connectivity index (χ1v) is 13.4. The molecule has 8 rings (SSSR count). The Morgan fingerprint density at radius 2 is 1.45 bits per heavy atom. The van der Waals surface area contributed by atoms with Crippen LogP contribution in [0.3, 0.4) is 0 Å². The SMILES string of the molecule is CCc1ccccc1N=CC12c3ccccc3C(c3ccccc31)[C@H]1C(=O)N(c3ccccc3[N+](=O)[O-])C(=O)[C@@H]12. The van der Waals surface area contributed by atoms with Crippen molar-refractivity contribution < 1.29 is 14.5 Å². The normalized spacial score (nSPS) is 24.2. The highest BCUT2D eigenvalue weighted by Crippen LogP contribution is 2.64. The van der Waals surface area contributed by atoms with E-state index in [-0.39, 0.29) is 17.3 Å². The topological polar surface area (TPSA) is 92.9 Å². The van der Waals surface area contributed by atoms with Gasteiger partial charge in [-0.15, -0.1) is 0 Å². The molecule has 4 aromatic rings. The largest absolute Gasteiger partial charge is 0.293 e. The molecule has 3 aliphatic carbocycles. The maximum absolute atomic E-state index is 14.5. The van der Waals surface area contributed by atoms with E-state index in [2.05, 4.69) is 6.92 Å². The van der Waals surface area contributed by atoms with Crippen LogP contribution < -0.4 is 4.90 Å². The fraction of sp³-hybridized carbons (Fsp3) is 0.182. The van der Waals surface area contributed by atoms with Crippen molar-refractivity contribution in [3.8, 4) is 0 Å². The highest BCUT2D eigenvalue weighted by molar-refractivity contribution is 6.25. The van der Waals surface area contributed by atoms with Crippen LogP contribution in [-0.4, -0.2) is 23.0 Å². The number of carbonyl (C=O) groups excluding carboxylic acids is 2. The first-order chi connectivity index (χ1) is 19.5. The van der Waals surface area contributed by atoms with Crippen LogP contribution in [0.4, 0.5) is 17.1 Å². The lowest BCUT2D eigenvalue weighted by molar-refractivity contribution is -0.384. The number of hydrogen-bond acceptors (Lipinski definition) is 5. The quantitative estimate of drug-likeness (QED) is 0.135. The summed E-state index contributed by atoms with van der Waals surface area (Å²) in [6.45, 7) is 2.07. The Bertz CT molecular complexity index is 1710. The number of aliphatic imine (C=N–C) groups is 1. The van der Waals surface area contributed by atoms with Gasteiger partial charge in [0.15, 0.2) is 0 Å². The fourth-order valence-electron chi connectivity index (χ4n) is 7.20. The van der Waals surface area contributed by atoms with Crippen LogP contribution in [0.5, 0.6) is 0 Å². The van der Waals surface area contributed by atoms with Crippen molar-refractivity contribution in [3.63, 3.8) is 0 Å². The lowest BCUT2D eigenvalue weighted by Crippen LogP contribution is -2.54. The van der Waals surface area contributed by atoms with Crippen LogP contribution in [0.1, 0.15) is 40.7 Å². The molecule has 0 aromatic heterocycles. The molecule has 0 unspecified atom stereocenters. The molecule has 1 saturated heterocycles. The summed E-state index contributed by atoms with van der Waals surface area (Å²) < 4.78 is 0. The zero-order chi connectivity index (χ0) is 27.6. The predicted molar refractivity (Wildman–Crippen MR) is 152 cm³/mol. The smallest absolute Gasteiger partial charge is 0.274 e. The number of para-hydroxylation sites is 3. The lowest BCUT2D eigenvalue weighted by Gasteiger charge is -2.52. The molecule has 0 N–H and O–H groups in total. The molecule has 4 aromatic carbocycles. The second kappa shape index (κ2) is 8.81. The van der Waals surface area contributed by atoms with Crippen molar-refractivity contribution >= 4 is 35.1 Å². The fourth-order valence-corrected chi connectivity index (χ4v) is 7.20. The minimum atomic E-state index is -1.03. The summed E-state index contributed by atoms with van der Waals surface area (Å²) in [6, 6.07) is 29.8. The molecule has 2 amide bonds. The first-order valence-electron chi connectivity index (χ1n) is 13.4. The summed E-state index contributed by atoms with van der Waals surface area (Å²) in [5.74, 6) is -2.71. The summed E-state index contributed by atoms with van der Waals surface area (Å²) >= 11 is 0. The van der Waals surface area contributed by atoms with Gasteiger partial charge in [-0.25, -0.2) is 4.90 Å². The first kappa shape index (κ1) is 24.2. The summed E-state index contributed by atoms with van der Waals surface area (Å²) in [5.41, 5.74) is 4.47. The van der Waals surface area contributed by atoms with E-state index in [1.54, 1.807) is 6.07 Å². The van der Waals surface area contributed by atoms with E-state index in [0.717, 1.165) is 44.8 Å². The number of anilines is 1. The van der Waals surface area contributed by atoms with E-state index < -0.39 is 34.0 Å². The van der Waals surface area contributed by atoms with Crippen LogP contribution in [-0.2, 0) is 21.4 Å². The molecule has 0 radical (unpaired) electrons. The highest BCUT2D eigenvalue weighted by atomic mass is 16.6. The number of imide groups is 1. The van der Waals surface area contributed by atoms with Gasteiger partial charge in [-0.05, 0) is 46.4 Å². The predicted octanol–water partition coefficient (Wildman–Crippen LogP) is 6.11. The maximum Gasteiger partial charge on any atom is 0.293 e. The molecule has 1 fully saturated rings. The van der Waals surface area contributed by atoms with Gasteiger partial charge in [0.25, 0.3) is 5.69 Å². The molecule has 0 saturated carbocycles. The number of rotatable bonds is 5. The van der Waals surface area contributed by atoms with E-state index in [1.165, 1.54) is 18.2 Å². The van der Waals surface area contributed by atoms with Crippen LogP contribution >= 0.6 is 0 Å². The van der Waals surface area contributed by atoms with Crippen LogP contribution in [0.25, 0.3) is 0 Å². The minimum absolute atomic E-state index is 0.00725. The molecule has 196 valence electrons. The zero-order valence-electron chi connectivity index (χ0n) is 21.7. The summed E-state index contributed by atoms with van der Waals surface area (Å²) in [7, 11) is 0. The third kappa shape index (κ3) is 3.09. The van der Waals surface area contributed by atoms with Crippen LogP contribution in [0, 0.1) is 22.0 Å². The molecule has 7 heteroatoms. The van der Waals surface area contributed by atoms with Crippen LogP contribution in [0.15, 0.2) is 102 Å². The van der Waals surface area contributed by atoms with Crippen molar-refractivity contribution in [3.05, 3.63) is 135 Å². The monoisotopic (exact) mass is 527 g/mol. The minimum Gasteiger partial charge on any atom is -0.274 e. The zero-order valence-corrected chi connectivity index (χ0v) is 21.7. The average Bonchev–Trinajstić information content (AvgIpc) is 3.26. The Hall–Kier alpha value is -4.91. The van der Waals surface area contributed by atoms with E-state index in [9.17, 15) is 19.7 Å². The number of nitro benzene ring substituents is 1. The van der Waals surface area contributed by atoms with Gasteiger partial charge >= 0.3 is 0 Å². The number of benzene rings is 4. The molecule has 40 heavy (non-hydrogen) atoms. The Balaban J connectivity index is 1.51. The molecule has 2 atom stereocenters. The van der Waals surface area contributed by atoms with Gasteiger partial charge in [-0.3, -0.25) is 24.7 Å². The second-order valence-electron chi connectivity index (χ2n) is 10.5. The highest BCUT2D eigenvalue weighted by Gasteiger charge is 2.68. The molecule has 1 heterocycles. The van der Waals surface area contributed by atoms with E-state index >= 15 is 0 Å². The van der Waals surface area contributed by atoms with Gasteiger partial charge < -0.3 is 0 Å². The summed E-state index contributed by atoms with van der Waals surface area (Å²) in [6.07, 6.45) is 2.66. The number of nitro groups is 1. The summed E-state index contributed by atoms with van der Waals surface area (Å²) in [5, 5.41) is 11.9. The Morgan fingerprint density at radius 1 is 0.850 bits per heavy atom. The average molecular weight is 528 g/mol. The van der Waals surface area contributed by atoms with E-state index in [0.29, 0.717) is 0 Å². The Morgan fingerprint density at radius 3 is 2.12 bits per heavy atom. The van der Waals surface area contributed by atoms with Crippen molar-refractivity contribution in [1.82, 2.24) is 0 Å². The van der Waals surface area contributed by atoms with Gasteiger partial charge in [0.1, 0.15) is 5.69 Å². The Kier molecular flexibility index (Phi) is 5.32. The van der Waals surface area contributed by atoms with Gasteiger partial charge in [0, 0.05) is 18.2 Å². The summed E-state index contributed by atoms with van der Waals surface area (Å²) in [4.78, 5) is 46.2. The van der Waals surface area contributed by atoms with Crippen molar-refractivity contribution in [2.45, 2.75) is 24.7 Å². The molecule has 1 aliphatic heterocycles. The lowest BCUT2D eigenvalue weighted by atomic mass is 9.47. The number of aryl methyl sites for hydroxylation is 1. The number of carbonyl (C=O) groups is 2. The standard InChI is InChI=1S/C33H25N3O4/c1-2-20-11-3-8-16-25(20)34-19-33-23-14-6-4-12-21(23)28(22-13-5-7-15-24(22)33)29-30(33)32(38)35(31(29)37)26-17-9-10-18-27(26)36(39)40/h3-19,28-30H,2H2,1H3/t28?,29-,30-,33?/m1/s1.